The van der Waals surface area contributed by atoms with Crippen LogP contribution in [0.2, 0.25) is 0 Å². The van der Waals surface area contributed by atoms with E-state index in [-0.39, 0.29) is 17.8 Å². The van der Waals surface area contributed by atoms with E-state index in [1.54, 1.807) is 0 Å². The predicted octanol–water partition coefficient (Wildman–Crippen LogP) is 3.02. The molecule has 0 saturated carbocycles. The average molecular weight is 230 g/mol. The van der Waals surface area contributed by atoms with Crippen LogP contribution in [0.1, 0.15) is 26.2 Å². The molecule has 0 radical (unpaired) electrons. The van der Waals surface area contributed by atoms with Gasteiger partial charge in [0.1, 0.15) is 6.10 Å². The fraction of sp³-hybridized carbons (Fsp3) is 0.400. The highest BCUT2D eigenvalue weighted by molar-refractivity contribution is 6.03. The molecule has 0 bridgehead atoms. The number of rotatable bonds is 6. The summed E-state index contributed by atoms with van der Waals surface area (Å²) in [6, 6.07) is 0. The lowest BCUT2D eigenvalue weighted by molar-refractivity contribution is -0.109. The SMILES string of the molecule is C#CC(=O)/C=C\C(C)C[C@H]1CC=C(CC=C)O1. The molecule has 2 heteroatoms. The largest absolute Gasteiger partial charge is 0.494 e. The van der Waals surface area contributed by atoms with E-state index in [9.17, 15) is 4.79 Å². The van der Waals surface area contributed by atoms with Gasteiger partial charge in [0, 0.05) is 12.8 Å². The highest BCUT2D eigenvalue weighted by atomic mass is 16.5. The molecular weight excluding hydrogens is 212 g/mol. The molecule has 1 aliphatic rings. The van der Waals surface area contributed by atoms with Gasteiger partial charge in [0.15, 0.2) is 0 Å². The van der Waals surface area contributed by atoms with Crippen LogP contribution in [0, 0.1) is 18.3 Å². The van der Waals surface area contributed by atoms with Crippen LogP contribution >= 0.6 is 0 Å². The van der Waals surface area contributed by atoms with E-state index in [2.05, 4.69) is 25.5 Å². The molecule has 0 aromatic heterocycles. The molecule has 1 rings (SSSR count). The minimum Gasteiger partial charge on any atom is -0.494 e. The molecule has 0 saturated heterocycles. The number of carbonyl (C=O) groups excluding carboxylic acids is 1. The minimum absolute atomic E-state index is 0.213. The van der Waals surface area contributed by atoms with Crippen molar-refractivity contribution in [2.75, 3.05) is 0 Å². The molecule has 0 aromatic carbocycles. The van der Waals surface area contributed by atoms with Crippen LogP contribution in [-0.2, 0) is 9.53 Å². The Morgan fingerprint density at radius 1 is 1.82 bits per heavy atom. The van der Waals surface area contributed by atoms with Crippen molar-refractivity contribution in [3.8, 4) is 12.3 Å². The van der Waals surface area contributed by atoms with Crippen molar-refractivity contribution < 1.29 is 9.53 Å². The van der Waals surface area contributed by atoms with Crippen molar-refractivity contribution in [1.29, 1.82) is 0 Å². The molecule has 1 unspecified atom stereocenters. The molecule has 1 heterocycles. The number of hydrogen-bond donors (Lipinski definition) is 0. The third kappa shape index (κ3) is 4.74. The lowest BCUT2D eigenvalue weighted by Gasteiger charge is -2.15. The summed E-state index contributed by atoms with van der Waals surface area (Å²) in [6.07, 6.45) is 15.1. The fourth-order valence-electron chi connectivity index (χ4n) is 1.78. The number of ketones is 1. The van der Waals surface area contributed by atoms with Crippen LogP contribution < -0.4 is 0 Å². The van der Waals surface area contributed by atoms with Crippen molar-refractivity contribution in [2.24, 2.45) is 5.92 Å². The van der Waals surface area contributed by atoms with Gasteiger partial charge >= 0.3 is 0 Å². The lowest BCUT2D eigenvalue weighted by atomic mass is 10.0. The minimum atomic E-state index is -0.283. The van der Waals surface area contributed by atoms with Gasteiger partial charge in [0.2, 0.25) is 5.78 Å². The molecule has 0 aliphatic carbocycles. The molecule has 0 aromatic rings. The number of carbonyl (C=O) groups is 1. The molecule has 90 valence electrons. The zero-order chi connectivity index (χ0) is 12.7. The lowest BCUT2D eigenvalue weighted by Crippen LogP contribution is -2.10. The summed E-state index contributed by atoms with van der Waals surface area (Å²) in [7, 11) is 0. The standard InChI is InChI=1S/C15H18O2/c1-4-6-14-9-10-15(17-14)11-12(3)7-8-13(16)5-2/h2,4,7-9,12,15H,1,6,10-11H2,3H3/b8-7-/t12?,15-/m1/s1. The Morgan fingerprint density at radius 2 is 2.59 bits per heavy atom. The number of hydrogen-bond acceptors (Lipinski definition) is 2. The van der Waals surface area contributed by atoms with Crippen LogP contribution in [0.25, 0.3) is 0 Å². The van der Waals surface area contributed by atoms with E-state index in [1.807, 2.05) is 12.2 Å². The topological polar surface area (TPSA) is 26.3 Å². The number of ether oxygens (including phenoxy) is 1. The van der Waals surface area contributed by atoms with Gasteiger partial charge in [-0.3, -0.25) is 4.79 Å². The summed E-state index contributed by atoms with van der Waals surface area (Å²) >= 11 is 0. The highest BCUT2D eigenvalue weighted by Crippen LogP contribution is 2.25. The van der Waals surface area contributed by atoms with E-state index in [1.165, 1.54) is 6.08 Å². The molecule has 2 nitrogen and oxygen atoms in total. The molecular formula is C15H18O2. The fourth-order valence-corrected chi connectivity index (χ4v) is 1.78. The Labute approximate surface area is 103 Å². The van der Waals surface area contributed by atoms with Gasteiger partial charge in [0.05, 0.1) is 5.76 Å². The maximum atomic E-state index is 10.9. The van der Waals surface area contributed by atoms with E-state index >= 15 is 0 Å². The average Bonchev–Trinajstić information content (AvgIpc) is 2.74. The second-order valence-electron chi connectivity index (χ2n) is 4.22. The van der Waals surface area contributed by atoms with Crippen LogP contribution in [0.3, 0.4) is 0 Å². The Kier molecular flexibility index (Phi) is 5.29. The van der Waals surface area contributed by atoms with E-state index < -0.39 is 0 Å². The van der Waals surface area contributed by atoms with Crippen molar-refractivity contribution in [3.63, 3.8) is 0 Å². The molecule has 2 atom stereocenters. The van der Waals surface area contributed by atoms with Crippen molar-refractivity contribution in [3.05, 3.63) is 36.6 Å². The van der Waals surface area contributed by atoms with Gasteiger partial charge in [-0.25, -0.2) is 0 Å². The molecule has 17 heavy (non-hydrogen) atoms. The first-order chi connectivity index (χ1) is 8.15. The first kappa shape index (κ1) is 13.3. The van der Waals surface area contributed by atoms with Crippen molar-refractivity contribution >= 4 is 5.78 Å². The third-order valence-corrected chi connectivity index (χ3v) is 2.63. The molecule has 0 amide bonds. The van der Waals surface area contributed by atoms with Gasteiger partial charge in [-0.15, -0.1) is 13.0 Å². The maximum absolute atomic E-state index is 10.9. The van der Waals surface area contributed by atoms with Crippen LogP contribution in [0.5, 0.6) is 0 Å². The summed E-state index contributed by atoms with van der Waals surface area (Å²) < 4.78 is 5.74. The third-order valence-electron chi connectivity index (χ3n) is 2.63. The van der Waals surface area contributed by atoms with Gasteiger partial charge in [-0.2, -0.15) is 0 Å². The number of terminal acetylenes is 1. The maximum Gasteiger partial charge on any atom is 0.228 e. The van der Waals surface area contributed by atoms with Gasteiger partial charge in [-0.1, -0.05) is 19.1 Å². The quantitative estimate of drug-likeness (QED) is 0.303. The first-order valence-electron chi connectivity index (χ1n) is 5.81. The summed E-state index contributed by atoms with van der Waals surface area (Å²) in [5.74, 6) is 3.06. The van der Waals surface area contributed by atoms with Crippen LogP contribution in [0.15, 0.2) is 36.6 Å². The summed E-state index contributed by atoms with van der Waals surface area (Å²) in [6.45, 7) is 5.73. The van der Waals surface area contributed by atoms with Gasteiger partial charge < -0.3 is 4.74 Å². The summed E-state index contributed by atoms with van der Waals surface area (Å²) in [5, 5.41) is 0. The van der Waals surface area contributed by atoms with E-state index in [0.29, 0.717) is 0 Å². The normalized spacial score (nSPS) is 20.5. The predicted molar refractivity (Wildman–Crippen MR) is 69.1 cm³/mol. The van der Waals surface area contributed by atoms with Crippen LogP contribution in [-0.4, -0.2) is 11.9 Å². The van der Waals surface area contributed by atoms with E-state index in [0.717, 1.165) is 25.0 Å². The monoisotopic (exact) mass is 230 g/mol. The Hall–Kier alpha value is -1.75. The molecule has 1 aliphatic heterocycles. The zero-order valence-electron chi connectivity index (χ0n) is 10.2. The van der Waals surface area contributed by atoms with Crippen LogP contribution in [0.4, 0.5) is 0 Å². The first-order valence-corrected chi connectivity index (χ1v) is 5.81. The molecule has 0 spiro atoms. The van der Waals surface area contributed by atoms with Crippen molar-refractivity contribution in [1.82, 2.24) is 0 Å². The summed E-state index contributed by atoms with van der Waals surface area (Å²) in [5.41, 5.74) is 0. The Morgan fingerprint density at radius 3 is 3.24 bits per heavy atom. The smallest absolute Gasteiger partial charge is 0.228 e. The van der Waals surface area contributed by atoms with Crippen molar-refractivity contribution in [2.45, 2.75) is 32.3 Å². The molecule has 0 fully saturated rings. The highest BCUT2D eigenvalue weighted by Gasteiger charge is 2.18. The molecule has 0 N–H and O–H groups in total. The van der Waals surface area contributed by atoms with Gasteiger partial charge in [0.25, 0.3) is 0 Å². The second-order valence-corrected chi connectivity index (χ2v) is 4.22. The number of allylic oxidation sites excluding steroid dienone is 3. The second kappa shape index (κ2) is 6.75. The Bertz CT molecular complexity index is 382. The van der Waals surface area contributed by atoms with Gasteiger partial charge in [-0.05, 0) is 30.4 Å². The zero-order valence-corrected chi connectivity index (χ0v) is 10.2. The van der Waals surface area contributed by atoms with E-state index in [4.69, 9.17) is 11.2 Å². The Balaban J connectivity index is 2.32. The summed E-state index contributed by atoms with van der Waals surface area (Å²) in [4.78, 5) is 10.9.